The van der Waals surface area contributed by atoms with Crippen LogP contribution in [0.4, 0.5) is 4.39 Å². The fourth-order valence-electron chi connectivity index (χ4n) is 6.41. The minimum atomic E-state index is -4.07. The van der Waals surface area contributed by atoms with E-state index in [1.807, 2.05) is 70.3 Å². The summed E-state index contributed by atoms with van der Waals surface area (Å²) in [4.78, 5) is 32.0. The average Bonchev–Trinajstić information content (AvgIpc) is 3.93. The predicted octanol–water partition coefficient (Wildman–Crippen LogP) is 5.01. The van der Waals surface area contributed by atoms with Crippen LogP contribution in [0.25, 0.3) is 10.9 Å². The maximum Gasteiger partial charge on any atom is 0.244 e. The van der Waals surface area contributed by atoms with E-state index >= 15 is 0 Å². The number of aliphatic hydroxyl groups excluding tert-OH is 1. The largest absolute Gasteiger partial charge is 0.390 e. The van der Waals surface area contributed by atoms with Crippen LogP contribution in [0.5, 0.6) is 0 Å². The molecule has 53 heavy (non-hydrogen) atoms. The number of aliphatic hydroxyl groups is 1. The SMILES string of the molecule is CSC(C)(C)[C@H](NC(=O)CNC1(c2cccc(F)c2)CC1)C(=O)N[C@@H](Cc1ccccc1)[C@H](O)CN(CC(C)C)S(=O)(=O)c1ccc2ncccc2c1. The molecule has 3 aromatic carbocycles. The Hall–Kier alpha value is -3.88. The van der Waals surface area contributed by atoms with Crippen LogP contribution in [0.15, 0.2) is 96.0 Å². The van der Waals surface area contributed by atoms with E-state index in [9.17, 15) is 27.5 Å². The van der Waals surface area contributed by atoms with E-state index in [1.165, 1.54) is 34.3 Å². The topological polar surface area (TPSA) is 141 Å². The Morgan fingerprint density at radius 1 is 0.981 bits per heavy atom. The monoisotopic (exact) mass is 763 g/mol. The summed E-state index contributed by atoms with van der Waals surface area (Å²) in [6, 6.07) is 22.0. The van der Waals surface area contributed by atoms with Crippen LogP contribution >= 0.6 is 11.8 Å². The summed E-state index contributed by atoms with van der Waals surface area (Å²) in [7, 11) is -4.07. The van der Waals surface area contributed by atoms with E-state index in [-0.39, 0.29) is 42.7 Å². The van der Waals surface area contributed by atoms with Gasteiger partial charge in [-0.05, 0) is 92.8 Å². The van der Waals surface area contributed by atoms with Crippen LogP contribution in [0.2, 0.25) is 0 Å². The number of sulfonamides is 1. The highest BCUT2D eigenvalue weighted by Gasteiger charge is 2.45. The van der Waals surface area contributed by atoms with Gasteiger partial charge in [0.15, 0.2) is 0 Å². The molecule has 0 unspecified atom stereocenters. The number of fused-ring (bicyclic) bond motifs is 1. The first-order chi connectivity index (χ1) is 25.1. The number of carbonyl (C=O) groups is 2. The highest BCUT2D eigenvalue weighted by atomic mass is 32.2. The third-order valence-electron chi connectivity index (χ3n) is 9.77. The maximum absolute atomic E-state index is 14.2. The van der Waals surface area contributed by atoms with Crippen LogP contribution in [0.1, 0.15) is 51.7 Å². The molecule has 0 spiro atoms. The zero-order valence-electron chi connectivity index (χ0n) is 30.9. The zero-order valence-corrected chi connectivity index (χ0v) is 32.5. The fourth-order valence-corrected chi connectivity index (χ4v) is 8.47. The van der Waals surface area contributed by atoms with Gasteiger partial charge in [-0.15, -0.1) is 0 Å². The lowest BCUT2D eigenvalue weighted by Crippen LogP contribution is -2.61. The summed E-state index contributed by atoms with van der Waals surface area (Å²) >= 11 is 1.41. The Balaban J connectivity index is 1.36. The quantitative estimate of drug-likeness (QED) is 0.111. The lowest BCUT2D eigenvalue weighted by molar-refractivity contribution is -0.130. The summed E-state index contributed by atoms with van der Waals surface area (Å²) < 4.78 is 42.7. The zero-order chi connectivity index (χ0) is 38.4. The van der Waals surface area contributed by atoms with Crippen molar-refractivity contribution in [1.29, 1.82) is 0 Å². The van der Waals surface area contributed by atoms with Crippen molar-refractivity contribution in [3.8, 4) is 0 Å². The van der Waals surface area contributed by atoms with E-state index in [4.69, 9.17) is 0 Å². The lowest BCUT2D eigenvalue weighted by Gasteiger charge is -2.35. The molecule has 1 aliphatic rings. The molecule has 0 radical (unpaired) electrons. The predicted molar refractivity (Wildman–Crippen MR) is 208 cm³/mol. The van der Waals surface area contributed by atoms with E-state index in [1.54, 1.807) is 36.5 Å². The number of nitrogens with zero attached hydrogens (tertiary/aromatic N) is 2. The standard InChI is InChI=1S/C40H50FN5O5S2/c1-27(2)25-46(53(50,51)32-16-17-33-29(22-32)13-10-20-42-33)26-35(47)34(21-28-11-7-6-8-12-28)44-38(49)37(39(3,4)52-5)45-36(48)24-43-40(18-19-40)30-14-9-15-31(41)23-30/h6-17,20,22-23,27,34-35,37,43,47H,18-19,21,24-26H2,1-5H3,(H,44,49)(H,45,48)/t34-,35+,37+/m0/s1. The molecule has 0 aliphatic heterocycles. The van der Waals surface area contributed by atoms with Crippen LogP contribution in [-0.4, -0.2) is 83.5 Å². The molecule has 1 fully saturated rings. The highest BCUT2D eigenvalue weighted by molar-refractivity contribution is 8.00. The van der Waals surface area contributed by atoms with Gasteiger partial charge in [0.2, 0.25) is 21.8 Å². The lowest BCUT2D eigenvalue weighted by atomic mass is 9.97. The first kappa shape index (κ1) is 40.3. The minimum Gasteiger partial charge on any atom is -0.390 e. The van der Waals surface area contributed by atoms with Gasteiger partial charge in [0.1, 0.15) is 11.9 Å². The summed E-state index contributed by atoms with van der Waals surface area (Å²) in [5.74, 6) is -1.33. The number of nitrogens with one attached hydrogen (secondary N) is 3. The minimum absolute atomic E-state index is 0.0625. The van der Waals surface area contributed by atoms with Crippen LogP contribution in [-0.2, 0) is 31.6 Å². The number of thioether (sulfide) groups is 1. The molecule has 4 aromatic rings. The molecule has 0 bridgehead atoms. The number of benzene rings is 3. The summed E-state index contributed by atoms with van der Waals surface area (Å²) in [6.45, 7) is 7.27. The number of carbonyl (C=O) groups excluding carboxylic acids is 2. The van der Waals surface area contributed by atoms with Gasteiger partial charge in [0.05, 0.1) is 29.1 Å². The maximum atomic E-state index is 14.2. The Labute approximate surface area is 316 Å². The van der Waals surface area contributed by atoms with E-state index in [0.29, 0.717) is 10.9 Å². The number of amides is 2. The van der Waals surface area contributed by atoms with Gasteiger partial charge in [0, 0.05) is 35.0 Å². The molecule has 2 amide bonds. The van der Waals surface area contributed by atoms with Crippen molar-refractivity contribution < 1.29 is 27.5 Å². The van der Waals surface area contributed by atoms with Crippen molar-refractivity contribution in [3.05, 3.63) is 108 Å². The Bertz CT molecular complexity index is 1990. The van der Waals surface area contributed by atoms with Crippen LogP contribution in [0.3, 0.4) is 0 Å². The molecule has 13 heteroatoms. The molecule has 5 rings (SSSR count). The van der Waals surface area contributed by atoms with Crippen molar-refractivity contribution in [2.24, 2.45) is 5.92 Å². The van der Waals surface area contributed by atoms with E-state index < -0.39 is 50.3 Å². The van der Waals surface area contributed by atoms with Crippen molar-refractivity contribution in [1.82, 2.24) is 25.2 Å². The molecular weight excluding hydrogens is 714 g/mol. The normalized spacial score (nSPS) is 15.9. The first-order valence-electron chi connectivity index (χ1n) is 17.9. The number of rotatable bonds is 18. The molecule has 1 saturated carbocycles. The smallest absolute Gasteiger partial charge is 0.244 e. The Morgan fingerprint density at radius 2 is 1.72 bits per heavy atom. The third kappa shape index (κ3) is 10.2. The van der Waals surface area contributed by atoms with Gasteiger partial charge in [-0.3, -0.25) is 19.9 Å². The molecule has 1 aromatic heterocycles. The van der Waals surface area contributed by atoms with Crippen LogP contribution < -0.4 is 16.0 Å². The molecular formula is C40H50FN5O5S2. The number of pyridine rings is 1. The van der Waals surface area contributed by atoms with Crippen molar-refractivity contribution in [2.45, 2.75) is 80.3 Å². The van der Waals surface area contributed by atoms with Gasteiger partial charge in [-0.2, -0.15) is 16.1 Å². The fraction of sp³-hybridized carbons (Fsp3) is 0.425. The molecule has 1 heterocycles. The van der Waals surface area contributed by atoms with Gasteiger partial charge >= 0.3 is 0 Å². The molecule has 4 N–H and O–H groups in total. The van der Waals surface area contributed by atoms with Gasteiger partial charge in [-0.1, -0.05) is 62.4 Å². The summed E-state index contributed by atoms with van der Waals surface area (Å²) in [5, 5.41) is 21.7. The summed E-state index contributed by atoms with van der Waals surface area (Å²) in [6.07, 6.45) is 3.90. The Morgan fingerprint density at radius 3 is 2.38 bits per heavy atom. The first-order valence-corrected chi connectivity index (χ1v) is 20.5. The second-order valence-electron chi connectivity index (χ2n) is 14.7. The van der Waals surface area contributed by atoms with Crippen LogP contribution in [0, 0.1) is 11.7 Å². The second-order valence-corrected chi connectivity index (χ2v) is 18.1. The van der Waals surface area contributed by atoms with Gasteiger partial charge < -0.3 is 15.7 Å². The molecule has 0 saturated heterocycles. The Kier molecular flexibility index (Phi) is 13.0. The van der Waals surface area contributed by atoms with Gasteiger partial charge in [-0.25, -0.2) is 12.8 Å². The molecule has 10 nitrogen and oxygen atoms in total. The number of hydrogen-bond donors (Lipinski definition) is 4. The van der Waals surface area contributed by atoms with Crippen molar-refractivity contribution in [2.75, 3.05) is 25.9 Å². The average molecular weight is 764 g/mol. The number of halogens is 1. The second kappa shape index (κ2) is 17.1. The summed E-state index contributed by atoms with van der Waals surface area (Å²) in [5.41, 5.74) is 1.77. The molecule has 284 valence electrons. The van der Waals surface area contributed by atoms with Gasteiger partial charge in [0.25, 0.3) is 0 Å². The molecule has 3 atom stereocenters. The number of hydrogen-bond acceptors (Lipinski definition) is 8. The third-order valence-corrected chi connectivity index (χ3v) is 12.9. The highest BCUT2D eigenvalue weighted by Crippen LogP contribution is 2.45. The van der Waals surface area contributed by atoms with Crippen molar-refractivity contribution >= 4 is 44.5 Å². The van der Waals surface area contributed by atoms with E-state index in [0.717, 1.165) is 24.0 Å². The number of aromatic nitrogens is 1. The van der Waals surface area contributed by atoms with E-state index in [2.05, 4.69) is 20.9 Å². The molecule has 1 aliphatic carbocycles. The van der Waals surface area contributed by atoms with Crippen molar-refractivity contribution in [3.63, 3.8) is 0 Å².